The van der Waals surface area contributed by atoms with Crippen molar-refractivity contribution in [2.45, 2.75) is 27.2 Å². The van der Waals surface area contributed by atoms with Gasteiger partial charge in [0.05, 0.1) is 4.92 Å². The summed E-state index contributed by atoms with van der Waals surface area (Å²) in [6.45, 7) is 6.48. The molecule has 9 heteroatoms. The van der Waals surface area contributed by atoms with Gasteiger partial charge in [0, 0.05) is 12.6 Å². The number of hydrogen-bond donors (Lipinski definition) is 2. The maximum Gasteiger partial charge on any atom is 0.353 e. The van der Waals surface area contributed by atoms with Gasteiger partial charge in [-0.1, -0.05) is 19.0 Å². The summed E-state index contributed by atoms with van der Waals surface area (Å²) in [7, 11) is 0. The number of nitro groups is 1. The molecule has 22 heavy (non-hydrogen) atoms. The first-order valence-corrected chi connectivity index (χ1v) is 6.91. The first-order valence-electron chi connectivity index (χ1n) is 6.91. The topological polar surface area (TPSA) is 119 Å². The summed E-state index contributed by atoms with van der Waals surface area (Å²) in [4.78, 5) is 18.7. The summed E-state index contributed by atoms with van der Waals surface area (Å²) in [6.07, 6.45) is 2.15. The Hall–Kier alpha value is -2.71. The van der Waals surface area contributed by atoms with Crippen molar-refractivity contribution in [3.63, 3.8) is 0 Å². The molecule has 0 spiro atoms. The zero-order valence-corrected chi connectivity index (χ0v) is 12.7. The maximum atomic E-state index is 11.3. The third-order valence-electron chi connectivity index (χ3n) is 2.89. The number of rotatable bonds is 7. The molecule has 0 saturated heterocycles. The lowest BCUT2D eigenvalue weighted by Gasteiger charge is -2.09. The number of anilines is 3. The molecule has 9 nitrogen and oxygen atoms in total. The summed E-state index contributed by atoms with van der Waals surface area (Å²) in [5.74, 6) is 1.69. The summed E-state index contributed by atoms with van der Waals surface area (Å²) in [5.41, 5.74) is -0.216. The van der Waals surface area contributed by atoms with Crippen LogP contribution in [0.1, 0.15) is 26.0 Å². The Kier molecular flexibility index (Phi) is 4.87. The summed E-state index contributed by atoms with van der Waals surface area (Å²) < 4.78 is 4.92. The molecule has 0 atom stereocenters. The Morgan fingerprint density at radius 1 is 1.36 bits per heavy atom. The second-order valence-electron chi connectivity index (χ2n) is 5.23. The number of nitrogens with zero attached hydrogens (tertiary/aromatic N) is 4. The van der Waals surface area contributed by atoms with E-state index in [9.17, 15) is 10.1 Å². The monoisotopic (exact) mass is 306 g/mol. The van der Waals surface area contributed by atoms with E-state index >= 15 is 0 Å². The van der Waals surface area contributed by atoms with E-state index in [-0.39, 0.29) is 17.3 Å². The van der Waals surface area contributed by atoms with Crippen molar-refractivity contribution in [3.8, 4) is 0 Å². The first kappa shape index (κ1) is 15.7. The van der Waals surface area contributed by atoms with Crippen LogP contribution in [-0.4, -0.2) is 26.6 Å². The van der Waals surface area contributed by atoms with E-state index in [4.69, 9.17) is 4.52 Å². The van der Waals surface area contributed by atoms with Crippen molar-refractivity contribution in [3.05, 3.63) is 28.3 Å². The largest absolute Gasteiger partial charge is 0.364 e. The van der Waals surface area contributed by atoms with Crippen molar-refractivity contribution in [1.29, 1.82) is 0 Å². The van der Waals surface area contributed by atoms with Crippen LogP contribution in [0.25, 0.3) is 0 Å². The van der Waals surface area contributed by atoms with Crippen LogP contribution in [0.5, 0.6) is 0 Å². The van der Waals surface area contributed by atoms with E-state index < -0.39 is 4.92 Å². The van der Waals surface area contributed by atoms with Crippen molar-refractivity contribution in [2.24, 2.45) is 5.92 Å². The lowest BCUT2D eigenvalue weighted by atomic mass is 10.1. The minimum absolute atomic E-state index is 0.0698. The molecule has 0 bridgehead atoms. The fourth-order valence-electron chi connectivity index (χ4n) is 1.80. The lowest BCUT2D eigenvalue weighted by molar-refractivity contribution is -0.383. The fraction of sp³-hybridized carbons (Fsp3) is 0.462. The van der Waals surface area contributed by atoms with Gasteiger partial charge in [-0.2, -0.15) is 0 Å². The van der Waals surface area contributed by atoms with E-state index in [2.05, 4.69) is 39.6 Å². The molecule has 0 aliphatic heterocycles. The van der Waals surface area contributed by atoms with E-state index in [1.807, 2.05) is 0 Å². The van der Waals surface area contributed by atoms with Crippen LogP contribution >= 0.6 is 0 Å². The zero-order valence-electron chi connectivity index (χ0n) is 12.7. The molecule has 0 unspecified atom stereocenters. The standard InChI is InChI=1S/C13H18N6O3/c1-8(2)4-5-14-12-11(19(20)21)13(16-7-15-12)17-10-6-9(3)22-18-10/h6-8H,4-5H2,1-3H3,(H2,14,15,16,17,18). The third kappa shape index (κ3) is 3.90. The highest BCUT2D eigenvalue weighted by Crippen LogP contribution is 2.30. The van der Waals surface area contributed by atoms with Gasteiger partial charge in [0.1, 0.15) is 12.1 Å². The summed E-state index contributed by atoms with van der Waals surface area (Å²) in [6, 6.07) is 1.62. The highest BCUT2D eigenvalue weighted by molar-refractivity contribution is 5.72. The maximum absolute atomic E-state index is 11.3. The van der Waals surface area contributed by atoms with Crippen molar-refractivity contribution >= 4 is 23.1 Å². The number of aryl methyl sites for hydroxylation is 1. The number of aromatic nitrogens is 3. The molecule has 2 heterocycles. The fourth-order valence-corrected chi connectivity index (χ4v) is 1.80. The van der Waals surface area contributed by atoms with Gasteiger partial charge >= 0.3 is 5.69 Å². The van der Waals surface area contributed by atoms with Crippen LogP contribution in [0.2, 0.25) is 0 Å². The molecule has 0 saturated carbocycles. The smallest absolute Gasteiger partial charge is 0.353 e. The molecule has 0 fully saturated rings. The zero-order chi connectivity index (χ0) is 16.1. The minimum Gasteiger partial charge on any atom is -0.364 e. The molecule has 0 amide bonds. The van der Waals surface area contributed by atoms with Gasteiger partial charge in [-0.25, -0.2) is 9.97 Å². The van der Waals surface area contributed by atoms with Crippen molar-refractivity contribution in [1.82, 2.24) is 15.1 Å². The molecule has 2 N–H and O–H groups in total. The minimum atomic E-state index is -0.521. The van der Waals surface area contributed by atoms with Gasteiger partial charge in [0.15, 0.2) is 5.82 Å². The molecule has 0 radical (unpaired) electrons. The van der Waals surface area contributed by atoms with Crippen LogP contribution in [-0.2, 0) is 0 Å². The summed E-state index contributed by atoms with van der Waals surface area (Å²) in [5, 5.41) is 20.8. The van der Waals surface area contributed by atoms with E-state index in [1.165, 1.54) is 6.33 Å². The highest BCUT2D eigenvalue weighted by Gasteiger charge is 2.23. The predicted molar refractivity (Wildman–Crippen MR) is 81.2 cm³/mol. The summed E-state index contributed by atoms with van der Waals surface area (Å²) >= 11 is 0. The number of nitrogens with one attached hydrogen (secondary N) is 2. The van der Waals surface area contributed by atoms with Gasteiger partial charge in [-0.3, -0.25) is 10.1 Å². The molecule has 2 aromatic rings. The molecule has 0 aromatic carbocycles. The van der Waals surface area contributed by atoms with E-state index in [0.717, 1.165) is 6.42 Å². The molecule has 118 valence electrons. The Balaban J connectivity index is 2.23. The lowest BCUT2D eigenvalue weighted by Crippen LogP contribution is -2.10. The molecule has 2 aromatic heterocycles. The SMILES string of the molecule is Cc1cc(Nc2ncnc(NCCC(C)C)c2[N+](=O)[O-])no1. The highest BCUT2D eigenvalue weighted by atomic mass is 16.6. The van der Waals surface area contributed by atoms with Gasteiger partial charge < -0.3 is 15.2 Å². The molecule has 0 aliphatic rings. The predicted octanol–water partition coefficient (Wildman–Crippen LogP) is 2.88. The average Bonchev–Trinajstić information content (AvgIpc) is 2.83. The average molecular weight is 306 g/mol. The van der Waals surface area contributed by atoms with Crippen molar-refractivity contribution in [2.75, 3.05) is 17.2 Å². The Morgan fingerprint density at radius 2 is 2.09 bits per heavy atom. The second kappa shape index (κ2) is 6.83. The Labute approximate surface area is 127 Å². The first-order chi connectivity index (χ1) is 10.5. The number of hydrogen-bond acceptors (Lipinski definition) is 8. The Bertz CT molecular complexity index is 655. The third-order valence-corrected chi connectivity index (χ3v) is 2.89. The van der Waals surface area contributed by atoms with E-state index in [1.54, 1.807) is 13.0 Å². The van der Waals surface area contributed by atoms with Crippen molar-refractivity contribution < 1.29 is 9.45 Å². The van der Waals surface area contributed by atoms with Gasteiger partial charge in [-0.15, -0.1) is 0 Å². The van der Waals surface area contributed by atoms with Crippen LogP contribution in [0.4, 0.5) is 23.1 Å². The van der Waals surface area contributed by atoms with Crippen LogP contribution in [0.3, 0.4) is 0 Å². The molecular formula is C13H18N6O3. The van der Waals surface area contributed by atoms with Crippen LogP contribution in [0.15, 0.2) is 16.9 Å². The van der Waals surface area contributed by atoms with Crippen LogP contribution in [0, 0.1) is 23.0 Å². The molecule has 0 aliphatic carbocycles. The van der Waals surface area contributed by atoms with Gasteiger partial charge in [0.2, 0.25) is 11.6 Å². The molecular weight excluding hydrogens is 288 g/mol. The normalized spacial score (nSPS) is 10.7. The van der Waals surface area contributed by atoms with Crippen LogP contribution < -0.4 is 10.6 Å². The quantitative estimate of drug-likeness (QED) is 0.592. The second-order valence-corrected chi connectivity index (χ2v) is 5.23. The van der Waals surface area contributed by atoms with E-state index in [0.29, 0.717) is 24.0 Å². The van der Waals surface area contributed by atoms with Gasteiger partial charge in [-0.05, 0) is 19.3 Å². The molecule has 2 rings (SSSR count). The van der Waals surface area contributed by atoms with Gasteiger partial charge in [0.25, 0.3) is 0 Å². The Morgan fingerprint density at radius 3 is 2.68 bits per heavy atom.